The van der Waals surface area contributed by atoms with Crippen LogP contribution >= 0.6 is 0 Å². The van der Waals surface area contributed by atoms with Gasteiger partial charge in [0.2, 0.25) is 0 Å². The van der Waals surface area contributed by atoms with E-state index in [1.165, 1.54) is 12.5 Å². The molecule has 0 spiro atoms. The second kappa shape index (κ2) is 10.4. The first-order valence-electron chi connectivity index (χ1n) is 11.3. The molecule has 0 aliphatic heterocycles. The lowest BCUT2D eigenvalue weighted by molar-refractivity contribution is -0.138. The van der Waals surface area contributed by atoms with E-state index in [1.54, 1.807) is 7.11 Å². The molecule has 0 heterocycles. The van der Waals surface area contributed by atoms with Crippen molar-refractivity contribution >= 4 is 17.6 Å². The molecule has 0 bridgehead atoms. The highest BCUT2D eigenvalue weighted by Gasteiger charge is 2.19. The van der Waals surface area contributed by atoms with Gasteiger partial charge in [-0.1, -0.05) is 36.4 Å². The van der Waals surface area contributed by atoms with E-state index in [1.807, 2.05) is 57.2 Å². The molecule has 0 aliphatic carbocycles. The maximum atomic E-state index is 12.6. The molecule has 1 amide bonds. The van der Waals surface area contributed by atoms with Gasteiger partial charge in [-0.25, -0.2) is 0 Å². The predicted octanol–water partition coefficient (Wildman–Crippen LogP) is 5.66. The average molecular weight is 461 g/mol. The molecule has 0 saturated heterocycles. The van der Waals surface area contributed by atoms with Gasteiger partial charge in [0, 0.05) is 17.3 Å². The Morgan fingerprint density at radius 3 is 2.15 bits per heavy atom. The number of carboxylic acids is 1. The van der Waals surface area contributed by atoms with Gasteiger partial charge in [0.25, 0.3) is 5.91 Å². The van der Waals surface area contributed by atoms with Gasteiger partial charge >= 0.3 is 5.97 Å². The second-order valence-corrected chi connectivity index (χ2v) is 8.69. The fraction of sp³-hybridized carbons (Fsp3) is 0.286. The summed E-state index contributed by atoms with van der Waals surface area (Å²) in [5.74, 6) is -0.572. The SMILES string of the molecule is COc1ccc(C(C)Nc2cccc(-c3cc(C)c(C(=O)N[C@@H](C)C(=O)O)c(C)c3)c2)cc1C. The quantitative estimate of drug-likeness (QED) is 0.404. The van der Waals surface area contributed by atoms with E-state index in [2.05, 4.69) is 35.8 Å². The number of hydrogen-bond donors (Lipinski definition) is 3. The van der Waals surface area contributed by atoms with Gasteiger partial charge in [0.15, 0.2) is 0 Å². The number of methoxy groups -OCH3 is 1. The molecule has 3 N–H and O–H groups in total. The van der Waals surface area contributed by atoms with Gasteiger partial charge in [0.1, 0.15) is 11.8 Å². The Balaban J connectivity index is 1.83. The molecule has 178 valence electrons. The molecule has 0 fully saturated rings. The normalized spacial score (nSPS) is 12.5. The van der Waals surface area contributed by atoms with Crippen molar-refractivity contribution in [3.8, 4) is 16.9 Å². The highest BCUT2D eigenvalue weighted by molar-refractivity contribution is 5.99. The van der Waals surface area contributed by atoms with Gasteiger partial charge in [-0.2, -0.15) is 0 Å². The molecular weight excluding hydrogens is 428 g/mol. The number of hydrogen-bond acceptors (Lipinski definition) is 4. The van der Waals surface area contributed by atoms with Crippen LogP contribution in [0.5, 0.6) is 5.75 Å². The Hall–Kier alpha value is -3.80. The van der Waals surface area contributed by atoms with Crippen LogP contribution in [0, 0.1) is 20.8 Å². The summed E-state index contributed by atoms with van der Waals surface area (Å²) in [6, 6.07) is 17.4. The monoisotopic (exact) mass is 460 g/mol. The predicted molar refractivity (Wildman–Crippen MR) is 136 cm³/mol. The van der Waals surface area contributed by atoms with E-state index < -0.39 is 12.0 Å². The first-order chi connectivity index (χ1) is 16.1. The Bertz CT molecular complexity index is 1200. The maximum Gasteiger partial charge on any atom is 0.325 e. The van der Waals surface area contributed by atoms with Crippen LogP contribution in [-0.2, 0) is 4.79 Å². The van der Waals surface area contributed by atoms with Crippen LogP contribution in [0.3, 0.4) is 0 Å². The summed E-state index contributed by atoms with van der Waals surface area (Å²) in [4.78, 5) is 23.7. The Morgan fingerprint density at radius 1 is 0.882 bits per heavy atom. The van der Waals surface area contributed by atoms with Crippen LogP contribution in [0.25, 0.3) is 11.1 Å². The van der Waals surface area contributed by atoms with Gasteiger partial charge in [0.05, 0.1) is 7.11 Å². The van der Waals surface area contributed by atoms with E-state index in [0.717, 1.165) is 39.3 Å². The van der Waals surface area contributed by atoms with E-state index in [0.29, 0.717) is 5.56 Å². The lowest BCUT2D eigenvalue weighted by Gasteiger charge is -2.18. The van der Waals surface area contributed by atoms with Crippen LogP contribution < -0.4 is 15.4 Å². The van der Waals surface area contributed by atoms with Crippen molar-refractivity contribution in [2.24, 2.45) is 0 Å². The van der Waals surface area contributed by atoms with Crippen molar-refractivity contribution in [2.75, 3.05) is 12.4 Å². The minimum atomic E-state index is -1.07. The van der Waals surface area contributed by atoms with Crippen molar-refractivity contribution in [3.05, 3.63) is 82.4 Å². The molecule has 0 aliphatic rings. The fourth-order valence-corrected chi connectivity index (χ4v) is 4.11. The van der Waals surface area contributed by atoms with Gasteiger partial charge in [-0.05, 0) is 86.2 Å². The summed E-state index contributed by atoms with van der Waals surface area (Å²) < 4.78 is 5.36. The zero-order valence-electron chi connectivity index (χ0n) is 20.5. The summed E-state index contributed by atoms with van der Waals surface area (Å²) >= 11 is 0. The lowest BCUT2D eigenvalue weighted by atomic mass is 9.94. The topological polar surface area (TPSA) is 87.7 Å². The standard InChI is InChI=1S/C28H32N2O4/c1-16-12-21(10-11-25(16)34-6)19(4)29-24-9-7-8-22(15-24)23-13-17(2)26(18(3)14-23)27(31)30-20(5)28(32)33/h7-15,19-20,29H,1-6H3,(H,30,31)(H,32,33)/t19?,20-/m0/s1. The molecule has 34 heavy (non-hydrogen) atoms. The number of carbonyl (C=O) groups is 2. The smallest absolute Gasteiger partial charge is 0.325 e. The first kappa shape index (κ1) is 24.8. The number of amides is 1. The summed E-state index contributed by atoms with van der Waals surface area (Å²) in [7, 11) is 1.67. The maximum absolute atomic E-state index is 12.6. The van der Waals surface area contributed by atoms with Gasteiger partial charge in [-0.3, -0.25) is 9.59 Å². The summed E-state index contributed by atoms with van der Waals surface area (Å²) in [6.07, 6.45) is 0. The zero-order valence-corrected chi connectivity index (χ0v) is 20.5. The van der Waals surface area contributed by atoms with Crippen molar-refractivity contribution in [1.82, 2.24) is 5.32 Å². The number of carboxylic acid groups (broad SMARTS) is 1. The van der Waals surface area contributed by atoms with E-state index in [4.69, 9.17) is 9.84 Å². The minimum Gasteiger partial charge on any atom is -0.496 e. The van der Waals surface area contributed by atoms with Crippen LogP contribution in [-0.4, -0.2) is 30.1 Å². The molecule has 0 saturated carbocycles. The van der Waals surface area contributed by atoms with Crippen LogP contribution in [0.1, 0.15) is 52.5 Å². The third kappa shape index (κ3) is 5.57. The molecule has 2 atom stereocenters. The first-order valence-corrected chi connectivity index (χ1v) is 11.3. The zero-order chi connectivity index (χ0) is 25.0. The molecule has 6 heteroatoms. The largest absolute Gasteiger partial charge is 0.496 e. The molecule has 3 aromatic rings. The van der Waals surface area contributed by atoms with E-state index in [-0.39, 0.29) is 11.9 Å². The molecule has 1 unspecified atom stereocenters. The van der Waals surface area contributed by atoms with Crippen molar-refractivity contribution in [2.45, 2.75) is 46.7 Å². The summed E-state index contributed by atoms with van der Waals surface area (Å²) in [5, 5.41) is 15.2. The van der Waals surface area contributed by atoms with Gasteiger partial charge < -0.3 is 20.5 Å². The Morgan fingerprint density at radius 2 is 1.56 bits per heavy atom. The fourth-order valence-electron chi connectivity index (χ4n) is 4.11. The molecule has 3 aromatic carbocycles. The summed E-state index contributed by atoms with van der Waals surface area (Å²) in [5.41, 5.74) is 7.38. The van der Waals surface area contributed by atoms with E-state index >= 15 is 0 Å². The highest BCUT2D eigenvalue weighted by atomic mass is 16.5. The number of benzene rings is 3. The second-order valence-electron chi connectivity index (χ2n) is 8.69. The van der Waals surface area contributed by atoms with Crippen LogP contribution in [0.4, 0.5) is 5.69 Å². The van der Waals surface area contributed by atoms with Crippen molar-refractivity contribution < 1.29 is 19.4 Å². The number of carbonyl (C=O) groups excluding carboxylic acids is 1. The number of nitrogens with one attached hydrogen (secondary N) is 2. The average Bonchev–Trinajstić information content (AvgIpc) is 2.78. The Labute approximate surface area is 201 Å². The number of ether oxygens (including phenoxy) is 1. The Kier molecular flexibility index (Phi) is 7.61. The third-order valence-corrected chi connectivity index (χ3v) is 5.98. The number of anilines is 1. The van der Waals surface area contributed by atoms with Crippen LogP contribution in [0.2, 0.25) is 0 Å². The number of aliphatic carboxylic acids is 1. The number of rotatable bonds is 8. The minimum absolute atomic E-state index is 0.102. The van der Waals surface area contributed by atoms with E-state index in [9.17, 15) is 9.59 Å². The molecule has 0 aromatic heterocycles. The molecule has 6 nitrogen and oxygen atoms in total. The third-order valence-electron chi connectivity index (χ3n) is 5.98. The molecule has 0 radical (unpaired) electrons. The lowest BCUT2D eigenvalue weighted by Crippen LogP contribution is -2.38. The van der Waals surface area contributed by atoms with Crippen molar-refractivity contribution in [1.29, 1.82) is 0 Å². The number of aryl methyl sites for hydroxylation is 3. The van der Waals surface area contributed by atoms with Crippen molar-refractivity contribution in [3.63, 3.8) is 0 Å². The highest BCUT2D eigenvalue weighted by Crippen LogP contribution is 2.30. The molecular formula is C28H32N2O4. The van der Waals surface area contributed by atoms with Gasteiger partial charge in [-0.15, -0.1) is 0 Å². The summed E-state index contributed by atoms with van der Waals surface area (Å²) in [6.45, 7) is 9.34. The molecule has 3 rings (SSSR count). The van der Waals surface area contributed by atoms with Crippen LogP contribution in [0.15, 0.2) is 54.6 Å².